The van der Waals surface area contributed by atoms with Crippen LogP contribution < -0.4 is 5.32 Å². The first-order chi connectivity index (χ1) is 9.55. The van der Waals surface area contributed by atoms with E-state index in [2.05, 4.69) is 61.4 Å². The summed E-state index contributed by atoms with van der Waals surface area (Å²) in [6.45, 7) is 6.77. The number of para-hydroxylation sites is 1. The Morgan fingerprint density at radius 2 is 1.90 bits per heavy atom. The van der Waals surface area contributed by atoms with E-state index in [1.807, 2.05) is 12.3 Å². The third-order valence-corrected chi connectivity index (χ3v) is 4.02. The topological polar surface area (TPSA) is 24.9 Å². The molecular weight excluding hydrogens is 244 g/mol. The monoisotopic (exact) mass is 266 g/mol. The van der Waals surface area contributed by atoms with Gasteiger partial charge in [0, 0.05) is 11.9 Å². The van der Waals surface area contributed by atoms with Gasteiger partial charge in [0.1, 0.15) is 0 Å². The highest BCUT2D eigenvalue weighted by atomic mass is 15.0. The Bertz CT molecular complexity index is 611. The summed E-state index contributed by atoms with van der Waals surface area (Å²) in [5.74, 6) is 0. The van der Waals surface area contributed by atoms with Crippen molar-refractivity contribution in [3.63, 3.8) is 0 Å². The summed E-state index contributed by atoms with van der Waals surface area (Å²) in [6.07, 6.45) is 4.15. The average Bonchev–Trinajstić information content (AvgIpc) is 2.82. The molecule has 0 spiro atoms. The van der Waals surface area contributed by atoms with Crippen LogP contribution in [0.4, 0.5) is 5.69 Å². The Balaban J connectivity index is 1.90. The number of hydrogen-bond donors (Lipinski definition) is 1. The van der Waals surface area contributed by atoms with Crippen LogP contribution in [0, 0.1) is 0 Å². The first-order valence-electron chi connectivity index (χ1n) is 7.35. The third kappa shape index (κ3) is 2.43. The molecule has 0 saturated heterocycles. The van der Waals surface area contributed by atoms with Gasteiger partial charge >= 0.3 is 0 Å². The smallest absolute Gasteiger partial charge is 0.0691 e. The van der Waals surface area contributed by atoms with E-state index in [1.165, 1.54) is 22.5 Å². The number of aromatic nitrogens is 1. The van der Waals surface area contributed by atoms with Gasteiger partial charge in [-0.2, -0.15) is 0 Å². The van der Waals surface area contributed by atoms with Gasteiger partial charge in [-0.1, -0.05) is 45.0 Å². The largest absolute Gasteiger partial charge is 0.376 e. The highest BCUT2D eigenvalue weighted by molar-refractivity contribution is 5.56. The molecule has 0 aliphatic heterocycles. The third-order valence-electron chi connectivity index (χ3n) is 4.02. The molecule has 2 aromatic rings. The molecule has 20 heavy (non-hydrogen) atoms. The predicted octanol–water partition coefficient (Wildman–Crippen LogP) is 4.48. The number of fused-ring (bicyclic) bond motifs is 1. The first-order valence-corrected chi connectivity index (χ1v) is 7.35. The van der Waals surface area contributed by atoms with Gasteiger partial charge in [0.15, 0.2) is 0 Å². The van der Waals surface area contributed by atoms with Crippen molar-refractivity contribution >= 4 is 5.69 Å². The molecule has 104 valence electrons. The number of hydrogen-bond acceptors (Lipinski definition) is 2. The van der Waals surface area contributed by atoms with Crippen molar-refractivity contribution in [2.75, 3.05) is 5.32 Å². The van der Waals surface area contributed by atoms with E-state index in [4.69, 9.17) is 0 Å². The number of benzene rings is 1. The maximum absolute atomic E-state index is 4.57. The molecule has 1 aliphatic rings. The molecule has 1 aromatic heterocycles. The molecule has 1 heterocycles. The van der Waals surface area contributed by atoms with E-state index in [0.29, 0.717) is 6.04 Å². The maximum Gasteiger partial charge on any atom is 0.0691 e. The molecule has 3 rings (SSSR count). The van der Waals surface area contributed by atoms with E-state index < -0.39 is 0 Å². The Hall–Kier alpha value is -1.83. The summed E-state index contributed by atoms with van der Waals surface area (Å²) in [5, 5.41) is 3.71. The minimum atomic E-state index is 0.148. The fraction of sp³-hybridized carbons (Fsp3) is 0.389. The van der Waals surface area contributed by atoms with Gasteiger partial charge in [-0.05, 0) is 41.5 Å². The van der Waals surface area contributed by atoms with Crippen LogP contribution in [-0.2, 0) is 11.8 Å². The number of anilines is 1. The summed E-state index contributed by atoms with van der Waals surface area (Å²) in [6, 6.07) is 13.2. The molecule has 0 radical (unpaired) electrons. The number of nitrogens with zero attached hydrogens (tertiary/aromatic N) is 1. The van der Waals surface area contributed by atoms with Crippen LogP contribution >= 0.6 is 0 Å². The van der Waals surface area contributed by atoms with Crippen LogP contribution in [0.1, 0.15) is 50.1 Å². The minimum Gasteiger partial charge on any atom is -0.376 e. The van der Waals surface area contributed by atoms with Gasteiger partial charge in [0.2, 0.25) is 0 Å². The number of rotatable bonds is 2. The fourth-order valence-electron chi connectivity index (χ4n) is 3.00. The zero-order chi connectivity index (χ0) is 14.2. The Morgan fingerprint density at radius 3 is 2.70 bits per heavy atom. The van der Waals surface area contributed by atoms with Crippen LogP contribution in [0.25, 0.3) is 0 Å². The van der Waals surface area contributed by atoms with Gasteiger partial charge in [-0.25, -0.2) is 0 Å². The minimum absolute atomic E-state index is 0.148. The van der Waals surface area contributed by atoms with E-state index in [1.54, 1.807) is 0 Å². The van der Waals surface area contributed by atoms with Gasteiger partial charge < -0.3 is 5.32 Å². The number of pyridine rings is 1. The summed E-state index contributed by atoms with van der Waals surface area (Å²) < 4.78 is 0. The van der Waals surface area contributed by atoms with Gasteiger partial charge in [0.25, 0.3) is 0 Å². The fourth-order valence-corrected chi connectivity index (χ4v) is 3.00. The molecule has 2 nitrogen and oxygen atoms in total. The molecule has 2 heteroatoms. The summed E-state index contributed by atoms with van der Waals surface area (Å²) in [5.41, 5.74) is 5.36. The van der Waals surface area contributed by atoms with E-state index in [9.17, 15) is 0 Å². The van der Waals surface area contributed by atoms with Crippen molar-refractivity contribution in [2.24, 2.45) is 0 Å². The summed E-state index contributed by atoms with van der Waals surface area (Å²) in [7, 11) is 0. The SMILES string of the molecule is CC(C)(C)c1ccccc1NC1CCc2cccnc21. The van der Waals surface area contributed by atoms with Crippen molar-refractivity contribution in [2.45, 2.75) is 45.1 Å². The van der Waals surface area contributed by atoms with Crippen LogP contribution in [0.2, 0.25) is 0 Å². The molecule has 0 bridgehead atoms. The van der Waals surface area contributed by atoms with E-state index >= 15 is 0 Å². The highest BCUT2D eigenvalue weighted by Crippen LogP contribution is 2.36. The Morgan fingerprint density at radius 1 is 1.10 bits per heavy atom. The zero-order valence-electron chi connectivity index (χ0n) is 12.5. The molecular formula is C18H22N2. The van der Waals surface area contributed by atoms with E-state index in [-0.39, 0.29) is 5.41 Å². The maximum atomic E-state index is 4.57. The van der Waals surface area contributed by atoms with Gasteiger partial charge in [-0.3, -0.25) is 4.98 Å². The lowest BCUT2D eigenvalue weighted by Crippen LogP contribution is -2.17. The molecule has 1 aliphatic carbocycles. The van der Waals surface area contributed by atoms with Crippen molar-refractivity contribution in [3.8, 4) is 0 Å². The van der Waals surface area contributed by atoms with Crippen LogP contribution in [-0.4, -0.2) is 4.98 Å². The molecule has 1 atom stereocenters. The van der Waals surface area contributed by atoms with E-state index in [0.717, 1.165) is 12.8 Å². The van der Waals surface area contributed by atoms with Crippen molar-refractivity contribution in [1.82, 2.24) is 4.98 Å². The van der Waals surface area contributed by atoms with Crippen LogP contribution in [0.5, 0.6) is 0 Å². The number of aryl methyl sites for hydroxylation is 1. The Kier molecular flexibility index (Phi) is 3.25. The van der Waals surface area contributed by atoms with Gasteiger partial charge in [0.05, 0.1) is 11.7 Å². The number of nitrogens with one attached hydrogen (secondary N) is 1. The molecule has 0 fully saturated rings. The average molecular weight is 266 g/mol. The molecule has 1 aromatic carbocycles. The molecule has 0 amide bonds. The lowest BCUT2D eigenvalue weighted by atomic mass is 9.85. The first kappa shape index (κ1) is 13.2. The lowest BCUT2D eigenvalue weighted by molar-refractivity contribution is 0.589. The zero-order valence-corrected chi connectivity index (χ0v) is 12.5. The molecule has 1 N–H and O–H groups in total. The van der Waals surface area contributed by atoms with Gasteiger partial charge in [-0.15, -0.1) is 0 Å². The highest BCUT2D eigenvalue weighted by Gasteiger charge is 2.25. The normalized spacial score (nSPS) is 17.9. The van der Waals surface area contributed by atoms with Crippen molar-refractivity contribution < 1.29 is 0 Å². The lowest BCUT2D eigenvalue weighted by Gasteiger charge is -2.25. The second kappa shape index (κ2) is 4.93. The summed E-state index contributed by atoms with van der Waals surface area (Å²) >= 11 is 0. The quantitative estimate of drug-likeness (QED) is 0.867. The standard InChI is InChI=1S/C18H22N2/c1-18(2,3)14-8-4-5-9-15(14)20-16-11-10-13-7-6-12-19-17(13)16/h4-9,12,16,20H,10-11H2,1-3H3. The second-order valence-electron chi connectivity index (χ2n) is 6.58. The second-order valence-corrected chi connectivity index (χ2v) is 6.58. The Labute approximate surface area is 121 Å². The summed E-state index contributed by atoms with van der Waals surface area (Å²) in [4.78, 5) is 4.57. The molecule has 0 saturated carbocycles. The van der Waals surface area contributed by atoms with Crippen LogP contribution in [0.3, 0.4) is 0 Å². The molecule has 1 unspecified atom stereocenters. The van der Waals surface area contributed by atoms with Crippen molar-refractivity contribution in [3.05, 3.63) is 59.4 Å². The van der Waals surface area contributed by atoms with Crippen LogP contribution in [0.15, 0.2) is 42.6 Å². The van der Waals surface area contributed by atoms with Crippen molar-refractivity contribution in [1.29, 1.82) is 0 Å². The predicted molar refractivity (Wildman–Crippen MR) is 84.1 cm³/mol.